The summed E-state index contributed by atoms with van der Waals surface area (Å²) >= 11 is 3.44. The van der Waals surface area contributed by atoms with E-state index in [4.69, 9.17) is 9.47 Å². The van der Waals surface area contributed by atoms with E-state index in [1.165, 1.54) is 6.42 Å². The smallest absolute Gasteiger partial charge is 0.316 e. The molecule has 3 nitrogen and oxygen atoms in total. The standard InChI is InChI=1S/C17H21BrO3/c18-14-7-5-13(6-8-14)17(9-3-10-17)16(19)21-12-15-4-1-2-11-20-15/h5-8,15H,1-4,9-12H2. The molecule has 1 heterocycles. The summed E-state index contributed by atoms with van der Waals surface area (Å²) in [5.74, 6) is -0.0785. The predicted molar refractivity (Wildman–Crippen MR) is 84.2 cm³/mol. The molecule has 0 radical (unpaired) electrons. The number of rotatable bonds is 4. The Bertz CT molecular complexity index is 487. The number of benzene rings is 1. The Labute approximate surface area is 134 Å². The Morgan fingerprint density at radius 3 is 2.57 bits per heavy atom. The zero-order valence-corrected chi connectivity index (χ0v) is 13.7. The molecule has 1 atom stereocenters. The number of esters is 1. The van der Waals surface area contributed by atoms with Crippen LogP contribution in [0.25, 0.3) is 0 Å². The van der Waals surface area contributed by atoms with Gasteiger partial charge in [0, 0.05) is 11.1 Å². The van der Waals surface area contributed by atoms with Crippen LogP contribution >= 0.6 is 15.9 Å². The van der Waals surface area contributed by atoms with Gasteiger partial charge in [-0.3, -0.25) is 4.79 Å². The van der Waals surface area contributed by atoms with Gasteiger partial charge in [-0.15, -0.1) is 0 Å². The molecule has 1 aliphatic carbocycles. The van der Waals surface area contributed by atoms with Crippen molar-refractivity contribution < 1.29 is 14.3 Å². The summed E-state index contributed by atoms with van der Waals surface area (Å²) in [6, 6.07) is 8.04. The molecule has 1 saturated heterocycles. The number of carbonyl (C=O) groups excluding carboxylic acids is 1. The lowest BCUT2D eigenvalue weighted by molar-refractivity contribution is -0.159. The Hall–Kier alpha value is -0.870. The van der Waals surface area contributed by atoms with Crippen LogP contribution in [0.2, 0.25) is 0 Å². The molecule has 2 aliphatic rings. The van der Waals surface area contributed by atoms with Gasteiger partial charge in [0.15, 0.2) is 0 Å². The monoisotopic (exact) mass is 352 g/mol. The topological polar surface area (TPSA) is 35.5 Å². The fourth-order valence-electron chi connectivity index (χ4n) is 3.16. The van der Waals surface area contributed by atoms with Gasteiger partial charge in [-0.25, -0.2) is 0 Å². The van der Waals surface area contributed by atoms with Crippen LogP contribution in [0.15, 0.2) is 28.7 Å². The fraction of sp³-hybridized carbons (Fsp3) is 0.588. The maximum atomic E-state index is 12.6. The summed E-state index contributed by atoms with van der Waals surface area (Å²) in [5.41, 5.74) is 0.654. The van der Waals surface area contributed by atoms with E-state index < -0.39 is 5.41 Å². The number of hydrogen-bond acceptors (Lipinski definition) is 3. The van der Waals surface area contributed by atoms with Crippen LogP contribution in [-0.4, -0.2) is 25.3 Å². The highest BCUT2D eigenvalue weighted by molar-refractivity contribution is 9.10. The average Bonchev–Trinajstić information content (AvgIpc) is 2.47. The minimum Gasteiger partial charge on any atom is -0.462 e. The van der Waals surface area contributed by atoms with Crippen LogP contribution in [0.5, 0.6) is 0 Å². The first-order valence-electron chi connectivity index (χ1n) is 7.76. The molecule has 0 amide bonds. The van der Waals surface area contributed by atoms with Crippen LogP contribution in [0.1, 0.15) is 44.1 Å². The molecule has 0 aromatic heterocycles. The predicted octanol–water partition coefficient (Wildman–Crippen LogP) is 3.98. The Morgan fingerprint density at radius 1 is 1.24 bits per heavy atom. The van der Waals surface area contributed by atoms with Crippen molar-refractivity contribution in [3.8, 4) is 0 Å². The molecule has 114 valence electrons. The first kappa shape index (κ1) is 15.0. The van der Waals surface area contributed by atoms with E-state index in [-0.39, 0.29) is 12.1 Å². The molecule has 0 spiro atoms. The van der Waals surface area contributed by atoms with E-state index in [0.717, 1.165) is 48.7 Å². The van der Waals surface area contributed by atoms with E-state index in [9.17, 15) is 4.79 Å². The van der Waals surface area contributed by atoms with Gasteiger partial charge in [0.1, 0.15) is 6.61 Å². The molecule has 1 unspecified atom stereocenters. The largest absolute Gasteiger partial charge is 0.462 e. The van der Waals surface area contributed by atoms with Crippen LogP contribution in [-0.2, 0) is 19.7 Å². The Kier molecular flexibility index (Phi) is 4.65. The summed E-state index contributed by atoms with van der Waals surface area (Å²) in [6.07, 6.45) is 6.24. The molecular formula is C17H21BrO3. The van der Waals surface area contributed by atoms with E-state index >= 15 is 0 Å². The van der Waals surface area contributed by atoms with Crippen LogP contribution in [0.3, 0.4) is 0 Å². The second-order valence-electron chi connectivity index (χ2n) is 6.03. The van der Waals surface area contributed by atoms with Crippen molar-refractivity contribution >= 4 is 21.9 Å². The van der Waals surface area contributed by atoms with E-state index in [0.29, 0.717) is 6.61 Å². The summed E-state index contributed by atoms with van der Waals surface area (Å²) < 4.78 is 12.3. The number of hydrogen-bond donors (Lipinski definition) is 0. The Morgan fingerprint density at radius 2 is 2.00 bits per heavy atom. The molecule has 1 aromatic carbocycles. The fourth-order valence-corrected chi connectivity index (χ4v) is 3.42. The van der Waals surface area contributed by atoms with E-state index in [1.54, 1.807) is 0 Å². The van der Waals surface area contributed by atoms with E-state index in [2.05, 4.69) is 15.9 Å². The Balaban J connectivity index is 1.64. The highest BCUT2D eigenvalue weighted by atomic mass is 79.9. The van der Waals surface area contributed by atoms with Crippen LogP contribution < -0.4 is 0 Å². The van der Waals surface area contributed by atoms with Crippen molar-refractivity contribution in [1.82, 2.24) is 0 Å². The lowest BCUT2D eigenvalue weighted by atomic mass is 9.64. The first-order valence-corrected chi connectivity index (χ1v) is 8.55. The van der Waals surface area contributed by atoms with Gasteiger partial charge in [-0.2, -0.15) is 0 Å². The van der Waals surface area contributed by atoms with Crippen molar-refractivity contribution in [2.45, 2.75) is 50.0 Å². The molecule has 4 heteroatoms. The van der Waals surface area contributed by atoms with Crippen molar-refractivity contribution in [2.75, 3.05) is 13.2 Å². The average molecular weight is 353 g/mol. The highest BCUT2D eigenvalue weighted by Gasteiger charge is 2.47. The molecule has 0 N–H and O–H groups in total. The first-order chi connectivity index (χ1) is 10.2. The molecule has 3 rings (SSSR count). The van der Waals surface area contributed by atoms with Gasteiger partial charge in [-0.05, 0) is 49.8 Å². The second kappa shape index (κ2) is 6.49. The van der Waals surface area contributed by atoms with Crippen LogP contribution in [0, 0.1) is 0 Å². The summed E-state index contributed by atoms with van der Waals surface area (Å²) in [7, 11) is 0. The molecule has 2 fully saturated rings. The second-order valence-corrected chi connectivity index (χ2v) is 6.95. The lowest BCUT2D eigenvalue weighted by Gasteiger charge is -2.40. The van der Waals surface area contributed by atoms with Crippen molar-refractivity contribution in [3.05, 3.63) is 34.3 Å². The minimum atomic E-state index is -0.421. The number of carbonyl (C=O) groups is 1. The third-order valence-electron chi connectivity index (χ3n) is 4.67. The third kappa shape index (κ3) is 3.16. The normalized spacial score (nSPS) is 24.1. The minimum absolute atomic E-state index is 0.0785. The zero-order valence-electron chi connectivity index (χ0n) is 12.1. The maximum Gasteiger partial charge on any atom is 0.316 e. The maximum absolute atomic E-state index is 12.6. The van der Waals surface area contributed by atoms with Gasteiger partial charge in [0.25, 0.3) is 0 Å². The SMILES string of the molecule is O=C(OCC1CCCCO1)C1(c2ccc(Br)cc2)CCC1. The van der Waals surface area contributed by atoms with Gasteiger partial charge in [-0.1, -0.05) is 34.5 Å². The van der Waals surface area contributed by atoms with Gasteiger partial charge in [0.2, 0.25) is 0 Å². The summed E-state index contributed by atoms with van der Waals surface area (Å²) in [5, 5.41) is 0. The quantitative estimate of drug-likeness (QED) is 0.768. The van der Waals surface area contributed by atoms with E-state index in [1.807, 2.05) is 24.3 Å². The van der Waals surface area contributed by atoms with Crippen LogP contribution in [0.4, 0.5) is 0 Å². The molecular weight excluding hydrogens is 332 g/mol. The lowest BCUT2D eigenvalue weighted by Crippen LogP contribution is -2.44. The highest BCUT2D eigenvalue weighted by Crippen LogP contribution is 2.45. The number of ether oxygens (including phenoxy) is 2. The van der Waals surface area contributed by atoms with Gasteiger partial charge < -0.3 is 9.47 Å². The molecule has 21 heavy (non-hydrogen) atoms. The third-order valence-corrected chi connectivity index (χ3v) is 5.20. The van der Waals surface area contributed by atoms with Crippen molar-refractivity contribution in [1.29, 1.82) is 0 Å². The summed E-state index contributed by atoms with van der Waals surface area (Å²) in [4.78, 5) is 12.6. The van der Waals surface area contributed by atoms with Gasteiger partial charge in [0.05, 0.1) is 11.5 Å². The van der Waals surface area contributed by atoms with Crippen molar-refractivity contribution in [2.24, 2.45) is 0 Å². The molecule has 1 aliphatic heterocycles. The van der Waals surface area contributed by atoms with Crippen molar-refractivity contribution in [3.63, 3.8) is 0 Å². The zero-order chi connectivity index (χ0) is 14.7. The molecule has 1 saturated carbocycles. The van der Waals surface area contributed by atoms with Gasteiger partial charge >= 0.3 is 5.97 Å². The molecule has 1 aromatic rings. The summed E-state index contributed by atoms with van der Waals surface area (Å²) in [6.45, 7) is 1.19. The number of halogens is 1. The molecule has 0 bridgehead atoms.